The summed E-state index contributed by atoms with van der Waals surface area (Å²) in [7, 11) is 3.36. The third kappa shape index (κ3) is 3.84. The number of aromatic nitrogens is 4. The highest BCUT2D eigenvalue weighted by atomic mass is 16.5. The van der Waals surface area contributed by atoms with Crippen LogP contribution in [0.3, 0.4) is 0 Å². The Kier molecular flexibility index (Phi) is 5.74. The molecule has 2 aliphatic heterocycles. The zero-order chi connectivity index (χ0) is 23.1. The summed E-state index contributed by atoms with van der Waals surface area (Å²) in [6, 6.07) is 7.84. The van der Waals surface area contributed by atoms with Crippen molar-refractivity contribution in [1.29, 1.82) is 0 Å². The van der Waals surface area contributed by atoms with Crippen LogP contribution >= 0.6 is 0 Å². The Labute approximate surface area is 192 Å². The summed E-state index contributed by atoms with van der Waals surface area (Å²) < 4.78 is 10.2. The second-order valence-electron chi connectivity index (χ2n) is 9.31. The number of likely N-dealkylation sites (tertiary alicyclic amines) is 1. The van der Waals surface area contributed by atoms with Crippen LogP contribution in [0.1, 0.15) is 26.2 Å². The predicted octanol–water partition coefficient (Wildman–Crippen LogP) is 2.18. The number of nitrogens with zero attached hydrogens (tertiary/aromatic N) is 6. The summed E-state index contributed by atoms with van der Waals surface area (Å²) in [6.45, 7) is 6.84. The van der Waals surface area contributed by atoms with Crippen LogP contribution in [0, 0.1) is 5.92 Å². The van der Waals surface area contributed by atoms with Crippen molar-refractivity contribution in [3.63, 3.8) is 0 Å². The van der Waals surface area contributed by atoms with E-state index in [4.69, 9.17) is 9.72 Å². The normalized spacial score (nSPS) is 19.1. The van der Waals surface area contributed by atoms with Crippen molar-refractivity contribution in [3.05, 3.63) is 45.1 Å². The van der Waals surface area contributed by atoms with E-state index in [1.165, 1.54) is 28.4 Å². The SMILES string of the molecule is COc1ccc(N2CC(C)Cn3c2nc2c3c(=O)n(CCN3CCCCC3)c(=O)n2C)cc1. The van der Waals surface area contributed by atoms with Crippen LogP contribution in [0.25, 0.3) is 11.2 Å². The Hall–Kier alpha value is -3.07. The van der Waals surface area contributed by atoms with Gasteiger partial charge in [0.15, 0.2) is 11.2 Å². The smallest absolute Gasteiger partial charge is 0.332 e. The maximum absolute atomic E-state index is 13.6. The minimum Gasteiger partial charge on any atom is -0.497 e. The molecule has 1 aromatic carbocycles. The monoisotopic (exact) mass is 452 g/mol. The van der Waals surface area contributed by atoms with E-state index in [2.05, 4.69) is 16.7 Å². The molecule has 0 aliphatic carbocycles. The van der Waals surface area contributed by atoms with Crippen LogP contribution in [0.15, 0.2) is 33.9 Å². The van der Waals surface area contributed by atoms with Crippen molar-refractivity contribution in [2.45, 2.75) is 39.3 Å². The Bertz CT molecular complexity index is 1270. The van der Waals surface area contributed by atoms with Gasteiger partial charge in [0.2, 0.25) is 5.95 Å². The van der Waals surface area contributed by atoms with Crippen LogP contribution in [-0.4, -0.2) is 56.9 Å². The lowest BCUT2D eigenvalue weighted by Crippen LogP contribution is -2.43. The van der Waals surface area contributed by atoms with Gasteiger partial charge in [0.25, 0.3) is 5.56 Å². The lowest BCUT2D eigenvalue weighted by atomic mass is 10.1. The Balaban J connectivity index is 1.58. The van der Waals surface area contributed by atoms with E-state index in [1.54, 1.807) is 14.2 Å². The number of ether oxygens (including phenoxy) is 1. The first-order valence-electron chi connectivity index (χ1n) is 11.8. The Morgan fingerprint density at radius 3 is 2.45 bits per heavy atom. The van der Waals surface area contributed by atoms with E-state index >= 15 is 0 Å². The fourth-order valence-corrected chi connectivity index (χ4v) is 5.11. The topological polar surface area (TPSA) is 77.5 Å². The quantitative estimate of drug-likeness (QED) is 0.591. The maximum atomic E-state index is 13.6. The summed E-state index contributed by atoms with van der Waals surface area (Å²) in [5.74, 6) is 1.81. The second kappa shape index (κ2) is 8.70. The molecular weight excluding hydrogens is 420 g/mol. The van der Waals surface area contributed by atoms with Gasteiger partial charge in [0, 0.05) is 38.9 Å². The first-order valence-corrected chi connectivity index (χ1v) is 11.8. The molecule has 0 N–H and O–H groups in total. The molecule has 2 aromatic heterocycles. The van der Waals surface area contributed by atoms with E-state index < -0.39 is 0 Å². The minimum atomic E-state index is -0.302. The van der Waals surface area contributed by atoms with Gasteiger partial charge in [-0.1, -0.05) is 13.3 Å². The van der Waals surface area contributed by atoms with E-state index in [1.807, 2.05) is 28.8 Å². The van der Waals surface area contributed by atoms with Gasteiger partial charge < -0.3 is 19.1 Å². The molecule has 1 fully saturated rings. The van der Waals surface area contributed by atoms with Crippen LogP contribution in [0.5, 0.6) is 5.75 Å². The molecule has 5 rings (SSSR count). The molecule has 1 unspecified atom stereocenters. The zero-order valence-electron chi connectivity index (χ0n) is 19.7. The number of hydrogen-bond acceptors (Lipinski definition) is 6. The van der Waals surface area contributed by atoms with Gasteiger partial charge in [-0.2, -0.15) is 4.98 Å². The van der Waals surface area contributed by atoms with Crippen molar-refractivity contribution in [2.24, 2.45) is 13.0 Å². The number of aryl methyl sites for hydroxylation is 1. The van der Waals surface area contributed by atoms with Crippen molar-refractivity contribution in [3.8, 4) is 5.75 Å². The van der Waals surface area contributed by atoms with Gasteiger partial charge in [-0.25, -0.2) is 4.79 Å². The number of rotatable bonds is 5. The largest absolute Gasteiger partial charge is 0.497 e. The number of hydrogen-bond donors (Lipinski definition) is 0. The molecule has 33 heavy (non-hydrogen) atoms. The Morgan fingerprint density at radius 1 is 1.03 bits per heavy atom. The fourth-order valence-electron chi connectivity index (χ4n) is 5.11. The molecule has 9 nitrogen and oxygen atoms in total. The van der Waals surface area contributed by atoms with Gasteiger partial charge in [0.1, 0.15) is 5.75 Å². The van der Waals surface area contributed by atoms with Crippen molar-refractivity contribution in [2.75, 3.05) is 38.2 Å². The molecule has 1 saturated heterocycles. The van der Waals surface area contributed by atoms with E-state index in [9.17, 15) is 9.59 Å². The van der Waals surface area contributed by atoms with Crippen molar-refractivity contribution >= 4 is 22.8 Å². The van der Waals surface area contributed by atoms with Crippen LogP contribution < -0.4 is 20.9 Å². The lowest BCUT2D eigenvalue weighted by Gasteiger charge is -2.33. The van der Waals surface area contributed by atoms with Gasteiger partial charge >= 0.3 is 5.69 Å². The van der Waals surface area contributed by atoms with Crippen LogP contribution in [0.4, 0.5) is 11.6 Å². The summed E-state index contributed by atoms with van der Waals surface area (Å²) in [4.78, 5) is 35.9. The van der Waals surface area contributed by atoms with E-state index in [-0.39, 0.29) is 11.2 Å². The number of methoxy groups -OCH3 is 1. The highest BCUT2D eigenvalue weighted by Gasteiger charge is 2.30. The summed E-state index contributed by atoms with van der Waals surface area (Å²) in [6.07, 6.45) is 3.62. The first kappa shape index (κ1) is 21.8. The van der Waals surface area contributed by atoms with Crippen molar-refractivity contribution in [1.82, 2.24) is 23.6 Å². The molecular formula is C24H32N6O3. The number of anilines is 2. The maximum Gasteiger partial charge on any atom is 0.332 e. The standard InChI is InChI=1S/C24H32N6O3/c1-17-15-29(18-7-9-19(33-3)10-8-18)23-25-21-20(30(23)16-17)22(31)28(24(32)26(21)2)14-13-27-11-5-4-6-12-27/h7-10,17H,4-6,11-16H2,1-3H3. The minimum absolute atomic E-state index is 0.243. The average Bonchev–Trinajstić information content (AvgIpc) is 3.22. The second-order valence-corrected chi connectivity index (χ2v) is 9.31. The molecule has 176 valence electrons. The van der Waals surface area contributed by atoms with Crippen molar-refractivity contribution < 1.29 is 4.74 Å². The number of piperidine rings is 1. The van der Waals surface area contributed by atoms with Gasteiger partial charge in [-0.15, -0.1) is 0 Å². The molecule has 9 heteroatoms. The molecule has 2 aliphatic rings. The summed E-state index contributed by atoms with van der Waals surface area (Å²) in [5.41, 5.74) is 1.39. The van der Waals surface area contributed by atoms with Crippen LogP contribution in [-0.2, 0) is 20.1 Å². The zero-order valence-corrected chi connectivity index (χ0v) is 19.7. The highest BCUT2D eigenvalue weighted by Crippen LogP contribution is 2.33. The van der Waals surface area contributed by atoms with Gasteiger partial charge in [0.05, 0.1) is 7.11 Å². The lowest BCUT2D eigenvalue weighted by molar-refractivity contribution is 0.218. The summed E-state index contributed by atoms with van der Waals surface area (Å²) >= 11 is 0. The molecule has 0 amide bonds. The highest BCUT2D eigenvalue weighted by molar-refractivity contribution is 5.77. The fraction of sp³-hybridized carbons (Fsp3) is 0.542. The molecule has 0 saturated carbocycles. The third-order valence-electron chi connectivity index (χ3n) is 6.91. The molecule has 0 radical (unpaired) electrons. The molecule has 1 atom stereocenters. The van der Waals surface area contributed by atoms with Gasteiger partial charge in [-0.3, -0.25) is 13.9 Å². The molecule has 0 spiro atoms. The predicted molar refractivity (Wildman–Crippen MR) is 129 cm³/mol. The Morgan fingerprint density at radius 2 is 1.76 bits per heavy atom. The molecule has 4 heterocycles. The number of fused-ring (bicyclic) bond motifs is 3. The summed E-state index contributed by atoms with van der Waals surface area (Å²) in [5, 5.41) is 0. The third-order valence-corrected chi connectivity index (χ3v) is 6.91. The number of imidazole rings is 1. The van der Waals surface area contributed by atoms with E-state index in [0.29, 0.717) is 36.1 Å². The number of benzene rings is 1. The van der Waals surface area contributed by atoms with E-state index in [0.717, 1.165) is 37.6 Å². The first-order chi connectivity index (χ1) is 16.0. The van der Waals surface area contributed by atoms with Gasteiger partial charge in [-0.05, 0) is 56.1 Å². The van der Waals surface area contributed by atoms with Crippen LogP contribution in [0.2, 0.25) is 0 Å². The molecule has 3 aromatic rings. The average molecular weight is 453 g/mol. The molecule has 0 bridgehead atoms.